The number of ether oxygens (including phenoxy) is 1. The quantitative estimate of drug-likeness (QED) is 0.583. The van der Waals surface area contributed by atoms with Crippen molar-refractivity contribution in [1.29, 1.82) is 0 Å². The van der Waals surface area contributed by atoms with Gasteiger partial charge in [0.15, 0.2) is 0 Å². The number of carbonyl (C=O) groups is 3. The third kappa shape index (κ3) is 4.69. The number of terminal acetylenes is 1. The molecule has 0 radical (unpaired) electrons. The maximum Gasteiger partial charge on any atom is 0.410 e. The zero-order valence-corrected chi connectivity index (χ0v) is 12.3. The van der Waals surface area contributed by atoms with Gasteiger partial charge in [0.2, 0.25) is 0 Å². The van der Waals surface area contributed by atoms with Crippen LogP contribution < -0.4 is 0 Å². The Kier molecular flexibility index (Phi) is 5.32. The number of Topliss-reactive ketones (excluding diaryl/α,β-unsaturated/α-hetero) is 2. The molecule has 1 aliphatic rings. The summed E-state index contributed by atoms with van der Waals surface area (Å²) in [7, 11) is 0. The third-order valence-electron chi connectivity index (χ3n) is 2.98. The lowest BCUT2D eigenvalue weighted by molar-refractivity contribution is -0.135. The highest BCUT2D eigenvalue weighted by Crippen LogP contribution is 2.19. The summed E-state index contributed by atoms with van der Waals surface area (Å²) in [4.78, 5) is 37.1. The Bertz CT molecular complexity index is 442. The van der Waals surface area contributed by atoms with Crippen LogP contribution in [0.3, 0.4) is 0 Å². The van der Waals surface area contributed by atoms with E-state index in [1.165, 1.54) is 4.90 Å². The van der Waals surface area contributed by atoms with E-state index in [1.54, 1.807) is 20.8 Å². The van der Waals surface area contributed by atoms with E-state index in [-0.39, 0.29) is 31.0 Å². The van der Waals surface area contributed by atoms with Crippen molar-refractivity contribution in [3.63, 3.8) is 0 Å². The summed E-state index contributed by atoms with van der Waals surface area (Å²) >= 11 is 0. The van der Waals surface area contributed by atoms with Crippen LogP contribution in [0.1, 0.15) is 40.0 Å². The fourth-order valence-corrected chi connectivity index (χ4v) is 1.98. The number of hydrogen-bond donors (Lipinski definition) is 0. The second-order valence-corrected chi connectivity index (χ2v) is 5.87. The first-order chi connectivity index (χ1) is 9.24. The summed E-state index contributed by atoms with van der Waals surface area (Å²) in [6, 6.07) is 0. The Balaban J connectivity index is 2.66. The molecule has 5 heteroatoms. The average molecular weight is 279 g/mol. The number of carbonyl (C=O) groups excluding carboxylic acids is 3. The standard InChI is InChI=1S/C15H21NO4/c1-5-6-7-12(17)11-10-16(9-8-13(11)18)14(19)20-15(2,3)4/h1,11H,6-10H2,2-4H3. The van der Waals surface area contributed by atoms with Crippen LogP contribution in [0.25, 0.3) is 0 Å². The Labute approximate surface area is 119 Å². The van der Waals surface area contributed by atoms with Crippen LogP contribution >= 0.6 is 0 Å². The second kappa shape index (κ2) is 6.56. The van der Waals surface area contributed by atoms with Gasteiger partial charge in [0.05, 0.1) is 5.92 Å². The van der Waals surface area contributed by atoms with Crippen molar-refractivity contribution in [2.45, 2.75) is 45.6 Å². The smallest absolute Gasteiger partial charge is 0.410 e. The molecule has 5 nitrogen and oxygen atoms in total. The number of ketones is 2. The molecule has 1 saturated heterocycles. The van der Waals surface area contributed by atoms with Crippen molar-refractivity contribution in [2.75, 3.05) is 13.1 Å². The molecule has 0 spiro atoms. The predicted octanol–water partition coefficient (Wildman–Crippen LogP) is 1.79. The SMILES string of the molecule is C#CCCC(=O)C1CN(C(=O)OC(C)(C)C)CCC1=O. The fraction of sp³-hybridized carbons (Fsp3) is 0.667. The van der Waals surface area contributed by atoms with Crippen LogP contribution in [-0.4, -0.2) is 41.3 Å². The molecule has 20 heavy (non-hydrogen) atoms. The van der Waals surface area contributed by atoms with E-state index in [1.807, 2.05) is 0 Å². The largest absolute Gasteiger partial charge is 0.444 e. The Morgan fingerprint density at radius 2 is 2.10 bits per heavy atom. The molecule has 1 unspecified atom stereocenters. The first-order valence-electron chi connectivity index (χ1n) is 6.71. The lowest BCUT2D eigenvalue weighted by Gasteiger charge is -2.32. The van der Waals surface area contributed by atoms with E-state index >= 15 is 0 Å². The van der Waals surface area contributed by atoms with E-state index in [4.69, 9.17) is 11.2 Å². The van der Waals surface area contributed by atoms with E-state index in [0.717, 1.165) is 0 Å². The molecule has 0 aromatic carbocycles. The molecule has 1 fully saturated rings. The summed E-state index contributed by atoms with van der Waals surface area (Å²) in [5.41, 5.74) is -0.596. The molecular weight excluding hydrogens is 258 g/mol. The highest BCUT2D eigenvalue weighted by Gasteiger charge is 2.35. The van der Waals surface area contributed by atoms with Gasteiger partial charge in [-0.05, 0) is 20.8 Å². The lowest BCUT2D eigenvalue weighted by Crippen LogP contribution is -2.48. The predicted molar refractivity (Wildman–Crippen MR) is 74.0 cm³/mol. The van der Waals surface area contributed by atoms with E-state index < -0.39 is 17.6 Å². The van der Waals surface area contributed by atoms with Gasteiger partial charge in [-0.3, -0.25) is 9.59 Å². The van der Waals surface area contributed by atoms with Crippen LogP contribution in [0.15, 0.2) is 0 Å². The second-order valence-electron chi connectivity index (χ2n) is 5.87. The summed E-state index contributed by atoms with van der Waals surface area (Å²) in [6.45, 7) is 5.71. The monoisotopic (exact) mass is 279 g/mol. The van der Waals surface area contributed by atoms with E-state index in [0.29, 0.717) is 13.0 Å². The van der Waals surface area contributed by atoms with Crippen LogP contribution in [-0.2, 0) is 14.3 Å². The zero-order chi connectivity index (χ0) is 15.3. The van der Waals surface area contributed by atoms with Gasteiger partial charge in [-0.15, -0.1) is 12.3 Å². The van der Waals surface area contributed by atoms with Gasteiger partial charge in [-0.25, -0.2) is 4.79 Å². The van der Waals surface area contributed by atoms with Gasteiger partial charge in [-0.1, -0.05) is 0 Å². The normalized spacial score (nSPS) is 19.4. The van der Waals surface area contributed by atoms with Crippen molar-refractivity contribution < 1.29 is 19.1 Å². The summed E-state index contributed by atoms with van der Waals surface area (Å²) < 4.78 is 5.25. The number of amides is 1. The molecule has 0 aromatic heterocycles. The number of likely N-dealkylation sites (tertiary alicyclic amines) is 1. The summed E-state index contributed by atoms with van der Waals surface area (Å²) in [5, 5.41) is 0. The fourth-order valence-electron chi connectivity index (χ4n) is 1.98. The van der Waals surface area contributed by atoms with Crippen LogP contribution in [0.4, 0.5) is 4.79 Å². The molecule has 1 amide bonds. The topological polar surface area (TPSA) is 63.7 Å². The van der Waals surface area contributed by atoms with E-state index in [2.05, 4.69) is 5.92 Å². The first kappa shape index (κ1) is 16.2. The van der Waals surface area contributed by atoms with Crippen molar-refractivity contribution in [2.24, 2.45) is 5.92 Å². The van der Waals surface area contributed by atoms with Crippen molar-refractivity contribution in [3.8, 4) is 12.3 Å². The van der Waals surface area contributed by atoms with Crippen molar-refractivity contribution in [3.05, 3.63) is 0 Å². The van der Waals surface area contributed by atoms with Crippen LogP contribution in [0, 0.1) is 18.3 Å². The van der Waals surface area contributed by atoms with Gasteiger partial charge in [0.25, 0.3) is 0 Å². The average Bonchev–Trinajstić information content (AvgIpc) is 2.34. The number of piperidine rings is 1. The Morgan fingerprint density at radius 1 is 1.45 bits per heavy atom. The van der Waals surface area contributed by atoms with Gasteiger partial charge in [0, 0.05) is 32.4 Å². The van der Waals surface area contributed by atoms with Crippen molar-refractivity contribution >= 4 is 17.7 Å². The van der Waals surface area contributed by atoms with Crippen LogP contribution in [0.2, 0.25) is 0 Å². The third-order valence-corrected chi connectivity index (χ3v) is 2.98. The molecule has 1 aliphatic heterocycles. The van der Waals surface area contributed by atoms with Crippen molar-refractivity contribution in [1.82, 2.24) is 4.90 Å². The minimum atomic E-state index is -0.760. The highest BCUT2D eigenvalue weighted by atomic mass is 16.6. The molecule has 1 heterocycles. The summed E-state index contributed by atoms with van der Waals surface area (Å²) in [6.07, 6.45) is 5.30. The molecule has 1 rings (SSSR count). The maximum absolute atomic E-state index is 12.0. The van der Waals surface area contributed by atoms with Gasteiger partial charge in [-0.2, -0.15) is 0 Å². The molecule has 0 N–H and O–H groups in total. The van der Waals surface area contributed by atoms with Gasteiger partial charge in [0.1, 0.15) is 17.2 Å². The highest BCUT2D eigenvalue weighted by molar-refractivity contribution is 6.03. The minimum absolute atomic E-state index is 0.0944. The molecule has 0 bridgehead atoms. The summed E-state index contributed by atoms with van der Waals surface area (Å²) in [5.74, 6) is 1.31. The number of rotatable bonds is 3. The lowest BCUT2D eigenvalue weighted by atomic mass is 9.90. The van der Waals surface area contributed by atoms with Crippen LogP contribution in [0.5, 0.6) is 0 Å². The molecule has 1 atom stereocenters. The number of hydrogen-bond acceptors (Lipinski definition) is 4. The maximum atomic E-state index is 12.0. The molecule has 110 valence electrons. The van der Waals surface area contributed by atoms with E-state index in [9.17, 15) is 14.4 Å². The number of nitrogens with zero attached hydrogens (tertiary/aromatic N) is 1. The zero-order valence-electron chi connectivity index (χ0n) is 12.3. The molecule has 0 aromatic rings. The minimum Gasteiger partial charge on any atom is -0.444 e. The molecule has 0 saturated carbocycles. The molecule has 0 aliphatic carbocycles. The van der Waals surface area contributed by atoms with Gasteiger partial charge >= 0.3 is 6.09 Å². The van der Waals surface area contributed by atoms with Gasteiger partial charge < -0.3 is 9.64 Å². The molecular formula is C15H21NO4. The Morgan fingerprint density at radius 3 is 2.65 bits per heavy atom. The first-order valence-corrected chi connectivity index (χ1v) is 6.71. The Hall–Kier alpha value is -1.83.